The molecule has 1 atom stereocenters. The maximum absolute atomic E-state index is 13.5. The van der Waals surface area contributed by atoms with Crippen molar-refractivity contribution in [3.05, 3.63) is 24.0 Å². The van der Waals surface area contributed by atoms with Gasteiger partial charge in [-0.05, 0) is 32.0 Å². The molecule has 0 radical (unpaired) electrons. The summed E-state index contributed by atoms with van der Waals surface area (Å²) in [4.78, 5) is -0.416. The maximum Gasteiger partial charge on any atom is 0.243 e. The third-order valence-corrected chi connectivity index (χ3v) is 3.71. The van der Waals surface area contributed by atoms with Crippen LogP contribution in [0.25, 0.3) is 0 Å². The molecule has 0 aliphatic rings. The van der Waals surface area contributed by atoms with Gasteiger partial charge in [0.2, 0.25) is 10.0 Å². The van der Waals surface area contributed by atoms with Gasteiger partial charge < -0.3 is 10.5 Å². The molecule has 0 spiro atoms. The summed E-state index contributed by atoms with van der Waals surface area (Å²) in [6.45, 7) is 4.11. The van der Waals surface area contributed by atoms with Gasteiger partial charge in [-0.3, -0.25) is 0 Å². The Kier molecular flexibility index (Phi) is 5.06. The normalized spacial score (nSPS) is 13.5. The number of benzene rings is 1. The molecule has 7 heteroatoms. The van der Waals surface area contributed by atoms with Crippen LogP contribution in [-0.4, -0.2) is 27.7 Å². The second-order valence-corrected chi connectivity index (χ2v) is 5.54. The summed E-state index contributed by atoms with van der Waals surface area (Å²) in [5.74, 6) is -0.869. The zero-order valence-electron chi connectivity index (χ0n) is 10.3. The zero-order valence-corrected chi connectivity index (χ0v) is 11.1. The summed E-state index contributed by atoms with van der Waals surface area (Å²) in [6, 6.07) is 3.45. The van der Waals surface area contributed by atoms with Crippen LogP contribution in [0.5, 0.6) is 0 Å². The van der Waals surface area contributed by atoms with Gasteiger partial charge in [0.15, 0.2) is 0 Å². The van der Waals surface area contributed by atoms with Crippen LogP contribution in [0, 0.1) is 5.82 Å². The average molecular weight is 276 g/mol. The second kappa shape index (κ2) is 6.12. The predicted molar refractivity (Wildman–Crippen MR) is 67.1 cm³/mol. The first-order valence-corrected chi connectivity index (χ1v) is 7.01. The van der Waals surface area contributed by atoms with E-state index in [4.69, 9.17) is 10.5 Å². The second-order valence-electron chi connectivity index (χ2n) is 3.81. The molecule has 0 fully saturated rings. The summed E-state index contributed by atoms with van der Waals surface area (Å²) in [5, 5.41) is 0. The number of nitrogens with one attached hydrogen (secondary N) is 1. The number of nitrogens with two attached hydrogens (primary N) is 1. The van der Waals surface area contributed by atoms with E-state index in [9.17, 15) is 12.8 Å². The SMILES string of the molecule is CCOC(C)CNS(=O)(=O)c1ccc(N)cc1F. The van der Waals surface area contributed by atoms with Crippen molar-refractivity contribution in [3.63, 3.8) is 0 Å². The molecule has 1 unspecified atom stereocenters. The van der Waals surface area contributed by atoms with Crippen LogP contribution in [-0.2, 0) is 14.8 Å². The zero-order chi connectivity index (χ0) is 13.8. The van der Waals surface area contributed by atoms with E-state index in [2.05, 4.69) is 4.72 Å². The van der Waals surface area contributed by atoms with E-state index in [1.807, 2.05) is 6.92 Å². The van der Waals surface area contributed by atoms with E-state index in [0.29, 0.717) is 6.61 Å². The van der Waals surface area contributed by atoms with Crippen LogP contribution >= 0.6 is 0 Å². The summed E-state index contributed by atoms with van der Waals surface area (Å²) in [5.41, 5.74) is 5.53. The van der Waals surface area contributed by atoms with Gasteiger partial charge in [-0.2, -0.15) is 0 Å². The molecule has 5 nitrogen and oxygen atoms in total. The molecule has 1 aromatic carbocycles. The van der Waals surface area contributed by atoms with Crippen LogP contribution < -0.4 is 10.5 Å². The van der Waals surface area contributed by atoms with E-state index < -0.39 is 20.7 Å². The fourth-order valence-corrected chi connectivity index (χ4v) is 2.56. The van der Waals surface area contributed by atoms with Gasteiger partial charge in [-0.15, -0.1) is 0 Å². The third-order valence-electron chi connectivity index (χ3n) is 2.26. The highest BCUT2D eigenvalue weighted by atomic mass is 32.2. The van der Waals surface area contributed by atoms with Crippen molar-refractivity contribution in [2.24, 2.45) is 0 Å². The molecular formula is C11H17FN2O3S. The monoisotopic (exact) mass is 276 g/mol. The lowest BCUT2D eigenvalue weighted by molar-refractivity contribution is 0.0799. The highest BCUT2D eigenvalue weighted by Crippen LogP contribution is 2.16. The average Bonchev–Trinajstić information content (AvgIpc) is 2.26. The Bertz CT molecular complexity index is 505. The van der Waals surface area contributed by atoms with Gasteiger partial charge in [0.1, 0.15) is 10.7 Å². The Morgan fingerprint density at radius 3 is 2.72 bits per heavy atom. The van der Waals surface area contributed by atoms with E-state index in [0.717, 1.165) is 12.1 Å². The minimum atomic E-state index is -3.88. The minimum absolute atomic E-state index is 0.0833. The quantitative estimate of drug-likeness (QED) is 0.763. The standard InChI is InChI=1S/C11H17FN2O3S/c1-3-17-8(2)7-14-18(15,16)11-5-4-9(13)6-10(11)12/h4-6,8,14H,3,7,13H2,1-2H3. The Labute approximate surface area is 106 Å². The molecule has 1 rings (SSSR count). The van der Waals surface area contributed by atoms with Crippen LogP contribution in [0.1, 0.15) is 13.8 Å². The van der Waals surface area contributed by atoms with Crippen LogP contribution in [0.2, 0.25) is 0 Å². The molecule has 0 aromatic heterocycles. The van der Waals surface area contributed by atoms with Gasteiger partial charge >= 0.3 is 0 Å². The molecule has 0 saturated heterocycles. The molecule has 0 aliphatic heterocycles. The molecule has 1 aromatic rings. The highest BCUT2D eigenvalue weighted by molar-refractivity contribution is 7.89. The first-order valence-electron chi connectivity index (χ1n) is 5.53. The molecule has 0 saturated carbocycles. The number of halogens is 1. The number of nitrogen functional groups attached to an aromatic ring is 1. The fraction of sp³-hybridized carbons (Fsp3) is 0.455. The summed E-state index contributed by atoms with van der Waals surface area (Å²) in [6.07, 6.45) is -0.276. The lowest BCUT2D eigenvalue weighted by Crippen LogP contribution is -2.32. The molecular weight excluding hydrogens is 259 g/mol. The van der Waals surface area contributed by atoms with Crippen molar-refractivity contribution < 1.29 is 17.5 Å². The predicted octanol–water partition coefficient (Wildman–Crippen LogP) is 1.11. The third kappa shape index (κ3) is 3.94. The number of rotatable bonds is 6. The van der Waals surface area contributed by atoms with Crippen LogP contribution in [0.3, 0.4) is 0 Å². The number of hydrogen-bond acceptors (Lipinski definition) is 4. The summed E-state index contributed by atoms with van der Waals surface area (Å²) >= 11 is 0. The van der Waals surface area contributed by atoms with Crippen molar-refractivity contribution >= 4 is 15.7 Å². The van der Waals surface area contributed by atoms with Crippen LogP contribution in [0.4, 0.5) is 10.1 Å². The Morgan fingerprint density at radius 1 is 1.50 bits per heavy atom. The van der Waals surface area contributed by atoms with Crippen molar-refractivity contribution in [2.75, 3.05) is 18.9 Å². The molecule has 0 amide bonds. The number of sulfonamides is 1. The molecule has 0 bridgehead atoms. The van der Waals surface area contributed by atoms with Gasteiger partial charge in [0, 0.05) is 18.8 Å². The Hall–Kier alpha value is -1.18. The van der Waals surface area contributed by atoms with Crippen molar-refractivity contribution in [3.8, 4) is 0 Å². The smallest absolute Gasteiger partial charge is 0.243 e. The van der Waals surface area contributed by atoms with Gasteiger partial charge in [0.25, 0.3) is 0 Å². The lowest BCUT2D eigenvalue weighted by Gasteiger charge is -2.13. The van der Waals surface area contributed by atoms with E-state index in [1.54, 1.807) is 6.92 Å². The minimum Gasteiger partial charge on any atom is -0.399 e. The van der Waals surface area contributed by atoms with Gasteiger partial charge in [-0.1, -0.05) is 0 Å². The van der Waals surface area contributed by atoms with Crippen molar-refractivity contribution in [2.45, 2.75) is 24.8 Å². The fourth-order valence-electron chi connectivity index (χ4n) is 1.38. The topological polar surface area (TPSA) is 81.4 Å². The van der Waals surface area contributed by atoms with Crippen molar-refractivity contribution in [1.29, 1.82) is 0 Å². The van der Waals surface area contributed by atoms with E-state index in [1.165, 1.54) is 6.07 Å². The highest BCUT2D eigenvalue weighted by Gasteiger charge is 2.19. The van der Waals surface area contributed by atoms with E-state index in [-0.39, 0.29) is 18.3 Å². The van der Waals surface area contributed by atoms with E-state index >= 15 is 0 Å². The summed E-state index contributed by atoms with van der Waals surface area (Å²) < 4.78 is 44.6. The number of ether oxygens (including phenoxy) is 1. The molecule has 102 valence electrons. The van der Waals surface area contributed by atoms with Gasteiger partial charge in [0.05, 0.1) is 6.10 Å². The number of anilines is 1. The largest absolute Gasteiger partial charge is 0.399 e. The lowest BCUT2D eigenvalue weighted by atomic mass is 10.3. The Morgan fingerprint density at radius 2 is 2.17 bits per heavy atom. The summed E-state index contributed by atoms with van der Waals surface area (Å²) in [7, 11) is -3.88. The van der Waals surface area contributed by atoms with Crippen molar-refractivity contribution in [1.82, 2.24) is 4.72 Å². The molecule has 3 N–H and O–H groups in total. The van der Waals surface area contributed by atoms with Gasteiger partial charge in [-0.25, -0.2) is 17.5 Å². The van der Waals surface area contributed by atoms with Crippen LogP contribution in [0.15, 0.2) is 23.1 Å². The molecule has 18 heavy (non-hydrogen) atoms. The first-order chi connectivity index (χ1) is 8.36. The molecule has 0 heterocycles. The first kappa shape index (κ1) is 14.9. The number of hydrogen-bond donors (Lipinski definition) is 2. The molecule has 0 aliphatic carbocycles. The maximum atomic E-state index is 13.5. The Balaban J connectivity index is 2.80.